The smallest absolute Gasteiger partial charge is 0.200 e. The molecule has 31 heavy (non-hydrogen) atoms. The first-order valence-corrected chi connectivity index (χ1v) is 11.5. The molecule has 0 aliphatic carbocycles. The Morgan fingerprint density at radius 1 is 0.710 bits per heavy atom. The molecule has 6 heteroatoms. The van der Waals surface area contributed by atoms with E-state index in [4.69, 9.17) is 13.9 Å². The van der Waals surface area contributed by atoms with E-state index in [2.05, 4.69) is 9.80 Å². The molecule has 0 N–H and O–H groups in total. The summed E-state index contributed by atoms with van der Waals surface area (Å²) in [5.74, 6) is 1.46. The van der Waals surface area contributed by atoms with Gasteiger partial charge in [-0.2, -0.15) is 0 Å². The summed E-state index contributed by atoms with van der Waals surface area (Å²) in [7, 11) is 0. The number of benzene rings is 2. The van der Waals surface area contributed by atoms with E-state index in [-0.39, 0.29) is 5.43 Å². The van der Waals surface area contributed by atoms with E-state index in [0.717, 1.165) is 50.8 Å². The second kappa shape index (κ2) is 9.28. The number of fused-ring (bicyclic) bond motifs is 2. The van der Waals surface area contributed by atoms with Gasteiger partial charge >= 0.3 is 0 Å². The van der Waals surface area contributed by atoms with Gasteiger partial charge in [0.15, 0.2) is 0 Å². The zero-order valence-corrected chi connectivity index (χ0v) is 18.0. The molecule has 0 bridgehead atoms. The Balaban J connectivity index is 1.30. The highest BCUT2D eigenvalue weighted by molar-refractivity contribution is 5.90. The van der Waals surface area contributed by atoms with Gasteiger partial charge in [0.1, 0.15) is 35.9 Å². The summed E-state index contributed by atoms with van der Waals surface area (Å²) in [6.07, 6.45) is 5.10. The Morgan fingerprint density at radius 3 is 1.61 bits per heavy atom. The van der Waals surface area contributed by atoms with Gasteiger partial charge in [-0.25, -0.2) is 0 Å². The van der Waals surface area contributed by atoms with Gasteiger partial charge < -0.3 is 13.9 Å². The van der Waals surface area contributed by atoms with Gasteiger partial charge in [0.2, 0.25) is 5.43 Å². The monoisotopic (exact) mass is 422 g/mol. The van der Waals surface area contributed by atoms with Crippen LogP contribution in [-0.2, 0) is 0 Å². The number of hydrogen-bond acceptors (Lipinski definition) is 6. The fourth-order valence-electron chi connectivity index (χ4n) is 4.59. The highest BCUT2D eigenvalue weighted by atomic mass is 16.5. The molecule has 3 heterocycles. The standard InChI is InChI=1S/C25H30N2O4/c28-25-21-7-5-19(29-15-13-26-9-1-2-10-26)17-23(21)31-24-18-20(6-8-22(24)25)30-16-14-27-11-3-4-12-27/h5-8,17-18H,1-4,9-16H2. The van der Waals surface area contributed by atoms with E-state index in [1.165, 1.54) is 25.7 Å². The van der Waals surface area contributed by atoms with E-state index in [1.54, 1.807) is 12.1 Å². The minimum absolute atomic E-state index is 0.0246. The summed E-state index contributed by atoms with van der Waals surface area (Å²) in [4.78, 5) is 17.8. The van der Waals surface area contributed by atoms with Gasteiger partial charge in [0.25, 0.3) is 0 Å². The van der Waals surface area contributed by atoms with Crippen LogP contribution in [0.15, 0.2) is 45.6 Å². The fraction of sp³-hybridized carbons (Fsp3) is 0.480. The highest BCUT2D eigenvalue weighted by Gasteiger charge is 2.13. The van der Waals surface area contributed by atoms with Crippen molar-refractivity contribution in [2.75, 3.05) is 52.5 Å². The summed E-state index contributed by atoms with van der Waals surface area (Å²) in [6, 6.07) is 10.9. The van der Waals surface area contributed by atoms with Gasteiger partial charge in [-0.3, -0.25) is 14.6 Å². The predicted molar refractivity (Wildman–Crippen MR) is 122 cm³/mol. The molecule has 6 nitrogen and oxygen atoms in total. The lowest BCUT2D eigenvalue weighted by atomic mass is 10.1. The molecule has 0 radical (unpaired) electrons. The molecule has 1 aromatic heterocycles. The molecule has 2 saturated heterocycles. The number of rotatable bonds is 8. The van der Waals surface area contributed by atoms with Crippen molar-refractivity contribution in [3.63, 3.8) is 0 Å². The Bertz CT molecular complexity index is 1010. The molecular formula is C25H30N2O4. The summed E-state index contributed by atoms with van der Waals surface area (Å²) < 4.78 is 17.9. The molecule has 0 saturated carbocycles. The van der Waals surface area contributed by atoms with Crippen LogP contribution in [0.5, 0.6) is 11.5 Å². The molecule has 0 unspecified atom stereocenters. The number of ether oxygens (including phenoxy) is 2. The Morgan fingerprint density at radius 2 is 1.16 bits per heavy atom. The molecule has 2 fully saturated rings. The fourth-order valence-corrected chi connectivity index (χ4v) is 4.59. The SMILES string of the molecule is O=c1c2ccc(OCCN3CCCC3)cc2oc2cc(OCCN3CCCC3)ccc12. The van der Waals surface area contributed by atoms with E-state index in [9.17, 15) is 4.79 Å². The molecule has 164 valence electrons. The van der Waals surface area contributed by atoms with Crippen LogP contribution in [0.3, 0.4) is 0 Å². The minimum Gasteiger partial charge on any atom is -0.492 e. The van der Waals surface area contributed by atoms with Crippen molar-refractivity contribution in [3.05, 3.63) is 46.6 Å². The van der Waals surface area contributed by atoms with E-state index >= 15 is 0 Å². The van der Waals surface area contributed by atoms with Crippen LogP contribution >= 0.6 is 0 Å². The highest BCUT2D eigenvalue weighted by Crippen LogP contribution is 2.26. The van der Waals surface area contributed by atoms with Gasteiger partial charge in [-0.05, 0) is 76.1 Å². The van der Waals surface area contributed by atoms with Gasteiger partial charge in [-0.1, -0.05) is 0 Å². The normalized spacial score (nSPS) is 17.7. The van der Waals surface area contributed by atoms with E-state index in [0.29, 0.717) is 35.2 Å². The third-order valence-electron chi connectivity index (χ3n) is 6.37. The molecule has 0 amide bonds. The summed E-state index contributed by atoms with van der Waals surface area (Å²) in [5, 5.41) is 1.14. The quantitative estimate of drug-likeness (QED) is 0.514. The zero-order valence-electron chi connectivity index (χ0n) is 18.0. The second-order valence-corrected chi connectivity index (χ2v) is 8.54. The van der Waals surface area contributed by atoms with Crippen molar-refractivity contribution in [2.45, 2.75) is 25.7 Å². The summed E-state index contributed by atoms with van der Waals surface area (Å²) >= 11 is 0. The molecule has 3 aromatic rings. The third kappa shape index (κ3) is 4.70. The van der Waals surface area contributed by atoms with Crippen LogP contribution in [-0.4, -0.2) is 62.3 Å². The van der Waals surface area contributed by atoms with E-state index in [1.807, 2.05) is 24.3 Å². The molecule has 0 atom stereocenters. The van der Waals surface area contributed by atoms with Crippen LogP contribution in [0.1, 0.15) is 25.7 Å². The minimum atomic E-state index is -0.0246. The van der Waals surface area contributed by atoms with Crippen LogP contribution in [0.25, 0.3) is 21.9 Å². The topological polar surface area (TPSA) is 55.1 Å². The maximum absolute atomic E-state index is 12.9. The molecule has 2 aliphatic rings. The Hall–Kier alpha value is -2.57. The number of hydrogen-bond donors (Lipinski definition) is 0. The van der Waals surface area contributed by atoms with Gasteiger partial charge in [-0.15, -0.1) is 0 Å². The molecule has 2 aromatic carbocycles. The Labute approximate surface area is 182 Å². The predicted octanol–water partition coefficient (Wildman–Crippen LogP) is 3.90. The van der Waals surface area contributed by atoms with Crippen molar-refractivity contribution in [1.29, 1.82) is 0 Å². The average molecular weight is 423 g/mol. The van der Waals surface area contributed by atoms with Crippen LogP contribution < -0.4 is 14.9 Å². The largest absolute Gasteiger partial charge is 0.492 e. The van der Waals surface area contributed by atoms with Crippen molar-refractivity contribution >= 4 is 21.9 Å². The van der Waals surface area contributed by atoms with Crippen LogP contribution in [0.4, 0.5) is 0 Å². The van der Waals surface area contributed by atoms with Crippen molar-refractivity contribution < 1.29 is 13.9 Å². The molecular weight excluding hydrogens is 392 g/mol. The summed E-state index contributed by atoms with van der Waals surface area (Å²) in [5.41, 5.74) is 1.07. The first-order chi connectivity index (χ1) is 15.3. The number of nitrogens with zero attached hydrogens (tertiary/aromatic N) is 2. The van der Waals surface area contributed by atoms with Crippen molar-refractivity contribution in [1.82, 2.24) is 9.80 Å². The maximum atomic E-state index is 12.9. The number of likely N-dealkylation sites (tertiary alicyclic amines) is 2. The molecule has 5 rings (SSSR count). The van der Waals surface area contributed by atoms with Crippen molar-refractivity contribution in [3.8, 4) is 11.5 Å². The first kappa shape index (κ1) is 20.3. The maximum Gasteiger partial charge on any atom is 0.200 e. The zero-order chi connectivity index (χ0) is 21.0. The van der Waals surface area contributed by atoms with Gasteiger partial charge in [0.05, 0.1) is 10.8 Å². The van der Waals surface area contributed by atoms with Gasteiger partial charge in [0, 0.05) is 25.2 Å². The first-order valence-electron chi connectivity index (χ1n) is 11.5. The second-order valence-electron chi connectivity index (χ2n) is 8.54. The Kier molecular flexibility index (Phi) is 6.09. The lowest BCUT2D eigenvalue weighted by molar-refractivity contribution is 0.237. The van der Waals surface area contributed by atoms with Crippen LogP contribution in [0.2, 0.25) is 0 Å². The summed E-state index contributed by atoms with van der Waals surface area (Å²) in [6.45, 7) is 7.76. The van der Waals surface area contributed by atoms with Crippen LogP contribution in [0, 0.1) is 0 Å². The average Bonchev–Trinajstić information content (AvgIpc) is 3.48. The molecule has 2 aliphatic heterocycles. The van der Waals surface area contributed by atoms with Crippen molar-refractivity contribution in [2.24, 2.45) is 0 Å². The third-order valence-corrected chi connectivity index (χ3v) is 6.37. The molecule has 0 spiro atoms. The lowest BCUT2D eigenvalue weighted by Gasteiger charge is -2.15. The van der Waals surface area contributed by atoms with E-state index < -0.39 is 0 Å². The lowest BCUT2D eigenvalue weighted by Crippen LogP contribution is -2.25.